The van der Waals surface area contributed by atoms with Gasteiger partial charge in [-0.25, -0.2) is 41.4 Å². The van der Waals surface area contributed by atoms with Crippen LogP contribution in [0.1, 0.15) is 90.8 Å². The molecule has 21 heteroatoms. The number of aromatic nitrogens is 10. The van der Waals surface area contributed by atoms with E-state index in [0.29, 0.717) is 61.6 Å². The summed E-state index contributed by atoms with van der Waals surface area (Å²) in [6.07, 6.45) is 19.9. The number of hydrogen-bond donors (Lipinski definition) is 2. The minimum absolute atomic E-state index is 0.0164. The van der Waals surface area contributed by atoms with Crippen LogP contribution in [0.3, 0.4) is 0 Å². The van der Waals surface area contributed by atoms with Crippen molar-refractivity contribution in [3.63, 3.8) is 0 Å². The van der Waals surface area contributed by atoms with Crippen LogP contribution in [0.5, 0.6) is 0 Å². The summed E-state index contributed by atoms with van der Waals surface area (Å²) in [4.78, 5) is 33.5. The van der Waals surface area contributed by atoms with E-state index in [1.54, 1.807) is 23.2 Å². The van der Waals surface area contributed by atoms with Gasteiger partial charge in [-0.2, -0.15) is 20.7 Å². The van der Waals surface area contributed by atoms with Gasteiger partial charge >= 0.3 is 0 Å². The highest BCUT2D eigenvalue weighted by atomic mass is 32.2. The highest BCUT2D eigenvalue weighted by Gasteiger charge is 2.51. The first-order valence-electron chi connectivity index (χ1n) is 22.3. The number of fused-ring (bicyclic) bond motifs is 2. The second-order valence-electron chi connectivity index (χ2n) is 18.5. The Morgan fingerprint density at radius 2 is 1.41 bits per heavy atom. The number of carbonyl (C=O) groups excluding carboxylic acids is 1. The number of aliphatic hydroxyl groups is 1. The van der Waals surface area contributed by atoms with E-state index in [2.05, 4.69) is 56.0 Å². The molecule has 0 spiro atoms. The van der Waals surface area contributed by atoms with E-state index in [-0.39, 0.29) is 23.2 Å². The first-order valence-corrected chi connectivity index (χ1v) is 25.7. The standard InChI is InChI=1S/C25H31N7O2S.C19H22N8OS.CH4O/c1-5-35(34,30-18-6-7-18)19-12-25(13-19,9-10-26)32-15-17(14-29-32)21-20-8-11-31(22(20)28-16-27-21)23(33)24(2,3)4;1-2-29(28,25-15-3-4-15)26-11-19(12-26,6-7-20)27-10-14(9-24-27)17-16-5-8-21-18(16)23-13-22-17;1-2/h8,11,14-16,18-19H,5-7,9,12-13H2,1-4H3;5,8-10,13,15H,2-4,6,11-12H2,1H3,(H,21,22,23);2H,1H3. The maximum absolute atomic E-state index is 13.5. The Morgan fingerprint density at radius 1 is 0.833 bits per heavy atom. The summed E-state index contributed by atoms with van der Waals surface area (Å²) >= 11 is 0. The van der Waals surface area contributed by atoms with Gasteiger partial charge in [0.2, 0.25) is 5.91 Å². The van der Waals surface area contributed by atoms with Crippen LogP contribution in [-0.2, 0) is 30.7 Å². The van der Waals surface area contributed by atoms with Crippen LogP contribution < -0.4 is 0 Å². The minimum Gasteiger partial charge on any atom is -0.400 e. The van der Waals surface area contributed by atoms with E-state index in [4.69, 9.17) is 5.11 Å². The monoisotopic (exact) mass is 935 g/mol. The van der Waals surface area contributed by atoms with Crippen LogP contribution in [0.25, 0.3) is 44.6 Å². The normalized spacial score (nSPS) is 21.9. The van der Waals surface area contributed by atoms with Gasteiger partial charge in [-0.3, -0.25) is 18.7 Å². The van der Waals surface area contributed by atoms with Crippen LogP contribution in [0.2, 0.25) is 0 Å². The van der Waals surface area contributed by atoms with Gasteiger partial charge in [0, 0.05) is 98.8 Å². The summed E-state index contributed by atoms with van der Waals surface area (Å²) in [5, 5.41) is 36.9. The molecule has 3 saturated carbocycles. The fourth-order valence-electron chi connectivity index (χ4n) is 8.69. The number of aromatic amines is 1. The number of nitrogens with zero attached hydrogens (tertiary/aromatic N) is 14. The quantitative estimate of drug-likeness (QED) is 0.137. The number of H-pyrrole nitrogens is 1. The van der Waals surface area contributed by atoms with E-state index >= 15 is 0 Å². The topological polar surface area (TPSA) is 255 Å². The predicted molar refractivity (Wildman–Crippen MR) is 251 cm³/mol. The summed E-state index contributed by atoms with van der Waals surface area (Å²) in [6, 6.07) is 8.88. The fourth-order valence-corrected chi connectivity index (χ4v) is 13.5. The van der Waals surface area contributed by atoms with Crippen LogP contribution in [0.15, 0.2) is 70.7 Å². The van der Waals surface area contributed by atoms with E-state index in [1.165, 1.54) is 12.7 Å². The van der Waals surface area contributed by atoms with Gasteiger partial charge in [0.05, 0.1) is 66.4 Å². The second kappa shape index (κ2) is 18.1. The summed E-state index contributed by atoms with van der Waals surface area (Å²) in [6.45, 7) is 10.5. The van der Waals surface area contributed by atoms with Crippen molar-refractivity contribution in [2.24, 2.45) is 14.1 Å². The van der Waals surface area contributed by atoms with E-state index < -0.39 is 36.1 Å². The molecule has 0 radical (unpaired) electrons. The van der Waals surface area contributed by atoms with Crippen molar-refractivity contribution in [1.29, 1.82) is 10.5 Å². The zero-order valence-electron chi connectivity index (χ0n) is 38.2. The molecule has 6 aromatic rings. The molecule has 0 bridgehead atoms. The zero-order valence-corrected chi connectivity index (χ0v) is 39.9. The molecule has 7 heterocycles. The first-order chi connectivity index (χ1) is 31.7. The van der Waals surface area contributed by atoms with Crippen LogP contribution >= 0.6 is 0 Å². The maximum atomic E-state index is 13.5. The Balaban J connectivity index is 0.000000176. The van der Waals surface area contributed by atoms with Gasteiger partial charge in [0.25, 0.3) is 0 Å². The molecule has 0 aromatic carbocycles. The second-order valence-corrected chi connectivity index (χ2v) is 23.9. The molecule has 4 aliphatic rings. The Bertz CT molecular complexity index is 3090. The lowest BCUT2D eigenvalue weighted by Crippen LogP contribution is -2.64. The van der Waals surface area contributed by atoms with Gasteiger partial charge in [0.1, 0.15) is 33.8 Å². The van der Waals surface area contributed by atoms with Gasteiger partial charge in [0.15, 0.2) is 5.65 Å². The Labute approximate surface area is 385 Å². The number of nitriles is 2. The van der Waals surface area contributed by atoms with E-state index in [1.807, 2.05) is 79.0 Å². The lowest BCUT2D eigenvalue weighted by atomic mass is 9.74. The molecule has 2 atom stereocenters. The molecular formula is C45H57N15O4S2. The lowest BCUT2D eigenvalue weighted by molar-refractivity contribution is 0.0749. The summed E-state index contributed by atoms with van der Waals surface area (Å²) in [5.41, 5.74) is 2.94. The summed E-state index contributed by atoms with van der Waals surface area (Å²) < 4.78 is 43.2. The molecule has 2 unspecified atom stereocenters. The number of hydrogen-bond acceptors (Lipinski definition) is 14. The summed E-state index contributed by atoms with van der Waals surface area (Å²) in [7, 11) is -3.66. The average molecular weight is 936 g/mol. The average Bonchev–Trinajstić information content (AvgIpc) is 3.94. The molecule has 348 valence electrons. The molecule has 1 saturated heterocycles. The fraction of sp³-hybridized carbons (Fsp3) is 0.533. The highest BCUT2D eigenvalue weighted by molar-refractivity contribution is 7.94. The molecule has 2 N–H and O–H groups in total. The molecule has 0 amide bonds. The van der Waals surface area contributed by atoms with Crippen molar-refractivity contribution >= 4 is 47.6 Å². The van der Waals surface area contributed by atoms with E-state index in [0.717, 1.165) is 66.0 Å². The molecule has 6 aromatic heterocycles. The largest absolute Gasteiger partial charge is 0.400 e. The SMILES string of the molecule is CCS(=O)(=NC1CC1)C1CC(CC#N)(n2cc(-c3ncnc4c3ccn4C(=O)C(C)(C)C)cn2)C1.CCS(=O)(=NC1CC1)N1CC(CC#N)(n2cc(-c3ncnc4[nH]ccc34)cn2)C1.CO. The van der Waals surface area contributed by atoms with Gasteiger partial charge in [-0.05, 0) is 50.7 Å². The third-order valence-electron chi connectivity index (χ3n) is 12.8. The smallest absolute Gasteiger partial charge is 0.237 e. The van der Waals surface area contributed by atoms with Crippen LogP contribution in [0.4, 0.5) is 0 Å². The van der Waals surface area contributed by atoms with Crippen molar-refractivity contribution in [2.75, 3.05) is 31.7 Å². The third kappa shape index (κ3) is 8.76. The molecule has 10 rings (SSSR count). The lowest BCUT2D eigenvalue weighted by Gasteiger charge is -2.49. The van der Waals surface area contributed by atoms with Crippen molar-refractivity contribution in [3.05, 3.63) is 62.0 Å². The van der Waals surface area contributed by atoms with Crippen molar-refractivity contribution in [3.8, 4) is 34.7 Å². The molecule has 4 fully saturated rings. The Kier molecular flexibility index (Phi) is 12.8. The number of nitrogens with one attached hydrogen (secondary N) is 1. The van der Waals surface area contributed by atoms with Gasteiger partial charge in [-0.15, -0.1) is 0 Å². The Morgan fingerprint density at radius 3 is 1.98 bits per heavy atom. The zero-order chi connectivity index (χ0) is 47.1. The van der Waals surface area contributed by atoms with Crippen LogP contribution in [0, 0.1) is 28.1 Å². The maximum Gasteiger partial charge on any atom is 0.237 e. The minimum atomic E-state index is -2.39. The molecule has 1 aliphatic heterocycles. The van der Waals surface area contributed by atoms with E-state index in [9.17, 15) is 23.7 Å². The molecule has 66 heavy (non-hydrogen) atoms. The van der Waals surface area contributed by atoms with Crippen molar-refractivity contribution in [1.82, 2.24) is 53.4 Å². The molecule has 3 aliphatic carbocycles. The number of rotatable bonds is 12. The van der Waals surface area contributed by atoms with Gasteiger partial charge < -0.3 is 10.1 Å². The third-order valence-corrected chi connectivity index (χ3v) is 18.1. The first kappa shape index (κ1) is 46.7. The van der Waals surface area contributed by atoms with Crippen molar-refractivity contribution < 1.29 is 18.3 Å². The Hall–Kier alpha value is -5.87. The molecule has 19 nitrogen and oxygen atoms in total. The predicted octanol–water partition coefficient (Wildman–Crippen LogP) is 6.32. The number of carbonyl (C=O) groups is 1. The van der Waals surface area contributed by atoms with Crippen LogP contribution in [-0.4, -0.2) is 122 Å². The highest BCUT2D eigenvalue weighted by Crippen LogP contribution is 2.47. The number of aliphatic hydroxyl groups excluding tert-OH is 1. The van der Waals surface area contributed by atoms with Crippen molar-refractivity contribution in [2.45, 2.75) is 114 Å². The van der Waals surface area contributed by atoms with Gasteiger partial charge in [-0.1, -0.05) is 34.6 Å². The summed E-state index contributed by atoms with van der Waals surface area (Å²) in [5.74, 6) is 1.00. The molecular weight excluding hydrogens is 879 g/mol.